The molecule has 0 spiro atoms. The molecule has 0 aromatic carbocycles. The summed E-state index contributed by atoms with van der Waals surface area (Å²) in [5.41, 5.74) is 0. The van der Waals surface area contributed by atoms with Crippen LogP contribution >= 0.6 is 0 Å². The topological polar surface area (TPSA) is 49.4 Å². The molecule has 0 bridgehead atoms. The van der Waals surface area contributed by atoms with Gasteiger partial charge in [0.1, 0.15) is 0 Å². The van der Waals surface area contributed by atoms with Crippen molar-refractivity contribution in [1.29, 1.82) is 0 Å². The van der Waals surface area contributed by atoms with Gasteiger partial charge in [0.2, 0.25) is 0 Å². The zero-order chi connectivity index (χ0) is 11.0. The van der Waals surface area contributed by atoms with E-state index in [4.69, 9.17) is 0 Å². The van der Waals surface area contributed by atoms with E-state index >= 15 is 0 Å². The van der Waals surface area contributed by atoms with Gasteiger partial charge in [0.05, 0.1) is 5.75 Å². The molecule has 0 amide bonds. The summed E-state index contributed by atoms with van der Waals surface area (Å²) in [6.07, 6.45) is 1.05. The van der Waals surface area contributed by atoms with Crippen LogP contribution in [0.1, 0.15) is 13.3 Å². The van der Waals surface area contributed by atoms with E-state index in [0.29, 0.717) is 6.54 Å². The van der Waals surface area contributed by atoms with E-state index < -0.39 is 9.84 Å². The van der Waals surface area contributed by atoms with E-state index in [0.717, 1.165) is 19.5 Å². The Morgan fingerprint density at radius 3 is 2.43 bits per heavy atom. The molecule has 0 heterocycles. The van der Waals surface area contributed by atoms with Crippen molar-refractivity contribution >= 4 is 9.84 Å². The predicted molar refractivity (Wildman–Crippen MR) is 60.4 cm³/mol. The number of hydrogen-bond acceptors (Lipinski definition) is 4. The first kappa shape index (κ1) is 13.9. The van der Waals surface area contributed by atoms with Crippen molar-refractivity contribution in [3.05, 3.63) is 0 Å². The largest absolute Gasteiger partial charge is 0.320 e. The summed E-state index contributed by atoms with van der Waals surface area (Å²) in [4.78, 5) is 2.06. The zero-order valence-corrected chi connectivity index (χ0v) is 10.2. The fraction of sp³-hybridized carbons (Fsp3) is 1.00. The molecule has 0 unspecified atom stereocenters. The summed E-state index contributed by atoms with van der Waals surface area (Å²) in [6, 6.07) is 0. The Morgan fingerprint density at radius 2 is 1.93 bits per heavy atom. The molecular weight excluding hydrogens is 200 g/mol. The van der Waals surface area contributed by atoms with Gasteiger partial charge < -0.3 is 10.2 Å². The van der Waals surface area contributed by atoms with Gasteiger partial charge in [0.25, 0.3) is 0 Å². The first-order valence-corrected chi connectivity index (χ1v) is 6.87. The molecule has 0 atom stereocenters. The summed E-state index contributed by atoms with van der Waals surface area (Å²) in [7, 11) is 1.07. The van der Waals surface area contributed by atoms with Crippen LogP contribution in [-0.4, -0.2) is 58.6 Å². The molecule has 0 fully saturated rings. The Hall–Kier alpha value is -0.130. The smallest absolute Gasteiger partial charge is 0.151 e. The molecular formula is C9H22N2O2S. The lowest BCUT2D eigenvalue weighted by Gasteiger charge is -2.15. The molecule has 0 saturated heterocycles. The molecule has 0 saturated carbocycles. The van der Waals surface area contributed by atoms with Crippen molar-refractivity contribution in [2.24, 2.45) is 0 Å². The third-order valence-corrected chi connectivity index (χ3v) is 3.87. The van der Waals surface area contributed by atoms with Gasteiger partial charge in [-0.05, 0) is 33.6 Å². The van der Waals surface area contributed by atoms with Gasteiger partial charge in [-0.3, -0.25) is 0 Å². The maximum absolute atomic E-state index is 11.2. The standard InChI is InChI=1S/C9H22N2O2S/c1-4-14(12,13)9-8-11(3)7-5-6-10-2/h10H,4-9H2,1-3H3. The first-order chi connectivity index (χ1) is 6.52. The van der Waals surface area contributed by atoms with E-state index in [1.54, 1.807) is 6.92 Å². The van der Waals surface area contributed by atoms with Gasteiger partial charge in [-0.1, -0.05) is 6.92 Å². The molecule has 0 radical (unpaired) electrons. The average molecular weight is 222 g/mol. The highest BCUT2D eigenvalue weighted by atomic mass is 32.2. The third-order valence-electron chi connectivity index (χ3n) is 2.19. The lowest BCUT2D eigenvalue weighted by molar-refractivity contribution is 0.346. The second-order valence-corrected chi connectivity index (χ2v) is 5.97. The minimum Gasteiger partial charge on any atom is -0.320 e. The van der Waals surface area contributed by atoms with Crippen LogP contribution in [0.15, 0.2) is 0 Å². The maximum Gasteiger partial charge on any atom is 0.151 e. The second-order valence-electron chi connectivity index (χ2n) is 3.50. The van der Waals surface area contributed by atoms with E-state index in [-0.39, 0.29) is 11.5 Å². The highest BCUT2D eigenvalue weighted by molar-refractivity contribution is 7.91. The maximum atomic E-state index is 11.2. The van der Waals surface area contributed by atoms with Gasteiger partial charge >= 0.3 is 0 Å². The van der Waals surface area contributed by atoms with Crippen molar-refractivity contribution in [3.63, 3.8) is 0 Å². The fourth-order valence-corrected chi connectivity index (χ4v) is 1.96. The molecule has 86 valence electrons. The average Bonchev–Trinajstić information content (AvgIpc) is 2.16. The first-order valence-electron chi connectivity index (χ1n) is 5.05. The SMILES string of the molecule is CCS(=O)(=O)CCN(C)CCCNC. The normalized spacial score (nSPS) is 12.3. The summed E-state index contributed by atoms with van der Waals surface area (Å²) < 4.78 is 22.4. The molecule has 0 aromatic heterocycles. The Kier molecular flexibility index (Phi) is 7.13. The van der Waals surface area contributed by atoms with E-state index in [9.17, 15) is 8.42 Å². The van der Waals surface area contributed by atoms with E-state index in [1.165, 1.54) is 0 Å². The molecule has 14 heavy (non-hydrogen) atoms. The van der Waals surface area contributed by atoms with Crippen LogP contribution in [0.3, 0.4) is 0 Å². The molecule has 1 N–H and O–H groups in total. The summed E-state index contributed by atoms with van der Waals surface area (Å²) in [5, 5.41) is 3.06. The fourth-order valence-electron chi connectivity index (χ4n) is 1.08. The third kappa shape index (κ3) is 7.29. The Bertz CT molecular complexity index is 227. The lowest BCUT2D eigenvalue weighted by Crippen LogP contribution is -2.28. The highest BCUT2D eigenvalue weighted by Gasteiger charge is 2.08. The molecule has 5 heteroatoms. The quantitative estimate of drug-likeness (QED) is 0.586. The molecule has 0 aliphatic heterocycles. The van der Waals surface area contributed by atoms with Gasteiger partial charge in [0.15, 0.2) is 9.84 Å². The number of hydrogen-bond donors (Lipinski definition) is 1. The van der Waals surface area contributed by atoms with Gasteiger partial charge in [-0.15, -0.1) is 0 Å². The van der Waals surface area contributed by atoms with E-state index in [1.807, 2.05) is 14.1 Å². The Labute approximate surface area is 87.6 Å². The van der Waals surface area contributed by atoms with Gasteiger partial charge in [-0.25, -0.2) is 8.42 Å². The molecule has 0 aliphatic rings. The van der Waals surface area contributed by atoms with Crippen LogP contribution in [0.4, 0.5) is 0 Å². The zero-order valence-electron chi connectivity index (χ0n) is 9.41. The van der Waals surface area contributed by atoms with Crippen molar-refractivity contribution in [2.45, 2.75) is 13.3 Å². The number of sulfone groups is 1. The van der Waals surface area contributed by atoms with E-state index in [2.05, 4.69) is 10.2 Å². The van der Waals surface area contributed by atoms with Crippen LogP contribution < -0.4 is 5.32 Å². The Morgan fingerprint density at radius 1 is 1.29 bits per heavy atom. The highest BCUT2D eigenvalue weighted by Crippen LogP contribution is 1.92. The van der Waals surface area contributed by atoms with Crippen LogP contribution in [0.5, 0.6) is 0 Å². The van der Waals surface area contributed by atoms with Crippen LogP contribution in [0, 0.1) is 0 Å². The summed E-state index contributed by atoms with van der Waals surface area (Å²) in [6.45, 7) is 4.25. The number of rotatable bonds is 8. The Balaban J connectivity index is 3.58. The van der Waals surface area contributed by atoms with Crippen molar-refractivity contribution in [1.82, 2.24) is 10.2 Å². The summed E-state index contributed by atoms with van der Waals surface area (Å²) in [5.74, 6) is 0.525. The minimum absolute atomic E-state index is 0.247. The van der Waals surface area contributed by atoms with Gasteiger partial charge in [0, 0.05) is 12.3 Å². The summed E-state index contributed by atoms with van der Waals surface area (Å²) >= 11 is 0. The monoisotopic (exact) mass is 222 g/mol. The van der Waals surface area contributed by atoms with Crippen LogP contribution in [0.25, 0.3) is 0 Å². The van der Waals surface area contributed by atoms with Gasteiger partial charge in [-0.2, -0.15) is 0 Å². The predicted octanol–water partition coefficient (Wildman–Crippen LogP) is -0.0376. The molecule has 0 aromatic rings. The molecule has 4 nitrogen and oxygen atoms in total. The van der Waals surface area contributed by atoms with Crippen LogP contribution in [0.2, 0.25) is 0 Å². The van der Waals surface area contributed by atoms with Crippen molar-refractivity contribution in [2.75, 3.05) is 45.2 Å². The lowest BCUT2D eigenvalue weighted by atomic mass is 10.4. The molecule has 0 rings (SSSR count). The minimum atomic E-state index is -2.80. The number of nitrogens with one attached hydrogen (secondary N) is 1. The van der Waals surface area contributed by atoms with Crippen LogP contribution in [-0.2, 0) is 9.84 Å². The molecule has 0 aliphatic carbocycles. The van der Waals surface area contributed by atoms with Crippen molar-refractivity contribution in [3.8, 4) is 0 Å². The second kappa shape index (κ2) is 7.20. The number of nitrogens with zero attached hydrogens (tertiary/aromatic N) is 1. The van der Waals surface area contributed by atoms with Crippen molar-refractivity contribution < 1.29 is 8.42 Å².